The van der Waals surface area contributed by atoms with Gasteiger partial charge in [-0.2, -0.15) is 5.10 Å². The molecular formula is C7H9ClN2O. The van der Waals surface area contributed by atoms with Crippen molar-refractivity contribution in [3.8, 4) is 0 Å². The second-order valence-electron chi connectivity index (χ2n) is 2.81. The maximum Gasteiger partial charge on any atom is 0.0818 e. The fraction of sp³-hybridized carbons (Fsp3) is 0.571. The summed E-state index contributed by atoms with van der Waals surface area (Å²) in [6.45, 7) is 0.781. The minimum absolute atomic E-state index is 0.239. The second-order valence-corrected chi connectivity index (χ2v) is 3.22. The Bertz CT molecular complexity index is 271. The third-order valence-corrected chi connectivity index (χ3v) is 2.32. The quantitative estimate of drug-likeness (QED) is 0.630. The van der Waals surface area contributed by atoms with E-state index in [0.717, 1.165) is 18.7 Å². The van der Waals surface area contributed by atoms with E-state index in [9.17, 15) is 5.11 Å². The van der Waals surface area contributed by atoms with Crippen molar-refractivity contribution < 1.29 is 5.11 Å². The Morgan fingerprint density at radius 3 is 3.36 bits per heavy atom. The predicted octanol–water partition coefficient (Wildman–Crippen LogP) is 0.844. The molecule has 4 heteroatoms. The maximum atomic E-state index is 9.30. The lowest BCUT2D eigenvalue weighted by Gasteiger charge is -2.18. The number of rotatable bonds is 0. The number of aromatic nitrogens is 2. The number of halogens is 1. The highest BCUT2D eigenvalue weighted by Gasteiger charge is 2.19. The summed E-state index contributed by atoms with van der Waals surface area (Å²) in [4.78, 5) is 0. The molecule has 0 bridgehead atoms. The van der Waals surface area contributed by atoms with Crippen molar-refractivity contribution in [2.75, 3.05) is 0 Å². The van der Waals surface area contributed by atoms with Crippen LogP contribution in [0.5, 0.6) is 0 Å². The van der Waals surface area contributed by atoms with Crippen molar-refractivity contribution in [2.45, 2.75) is 25.5 Å². The zero-order chi connectivity index (χ0) is 7.84. The molecule has 1 unspecified atom stereocenters. The van der Waals surface area contributed by atoms with E-state index in [-0.39, 0.29) is 6.10 Å². The van der Waals surface area contributed by atoms with Crippen LogP contribution < -0.4 is 0 Å². The fourth-order valence-corrected chi connectivity index (χ4v) is 1.60. The van der Waals surface area contributed by atoms with Crippen LogP contribution in [0.4, 0.5) is 0 Å². The molecule has 1 aliphatic heterocycles. The number of aliphatic hydroxyl groups excluding tert-OH is 1. The number of aryl methyl sites for hydroxylation is 1. The van der Waals surface area contributed by atoms with Crippen LogP contribution in [-0.2, 0) is 13.0 Å². The summed E-state index contributed by atoms with van der Waals surface area (Å²) < 4.78 is 1.86. The van der Waals surface area contributed by atoms with E-state index < -0.39 is 0 Å². The SMILES string of the molecule is OC1CCn2ncc(Cl)c2C1. The molecule has 0 spiro atoms. The molecule has 60 valence electrons. The molecule has 0 aliphatic carbocycles. The minimum Gasteiger partial charge on any atom is -0.393 e. The molecule has 1 N–H and O–H groups in total. The highest BCUT2D eigenvalue weighted by atomic mass is 35.5. The van der Waals surface area contributed by atoms with Crippen molar-refractivity contribution in [3.05, 3.63) is 16.9 Å². The first-order valence-electron chi connectivity index (χ1n) is 3.65. The molecule has 11 heavy (non-hydrogen) atoms. The van der Waals surface area contributed by atoms with Gasteiger partial charge in [0.15, 0.2) is 0 Å². The van der Waals surface area contributed by atoms with Gasteiger partial charge in [0.1, 0.15) is 0 Å². The van der Waals surface area contributed by atoms with E-state index in [4.69, 9.17) is 11.6 Å². The van der Waals surface area contributed by atoms with E-state index in [1.54, 1.807) is 6.20 Å². The maximum absolute atomic E-state index is 9.30. The first-order chi connectivity index (χ1) is 5.27. The summed E-state index contributed by atoms with van der Waals surface area (Å²) >= 11 is 5.83. The minimum atomic E-state index is -0.239. The number of nitrogens with zero attached hydrogens (tertiary/aromatic N) is 2. The summed E-state index contributed by atoms with van der Waals surface area (Å²) in [7, 11) is 0. The molecule has 0 radical (unpaired) electrons. The van der Waals surface area contributed by atoms with Gasteiger partial charge in [0.05, 0.1) is 23.0 Å². The summed E-state index contributed by atoms with van der Waals surface area (Å²) in [6, 6.07) is 0. The number of fused-ring (bicyclic) bond motifs is 1. The smallest absolute Gasteiger partial charge is 0.0818 e. The topological polar surface area (TPSA) is 38.0 Å². The first-order valence-corrected chi connectivity index (χ1v) is 4.03. The van der Waals surface area contributed by atoms with Gasteiger partial charge in [0.2, 0.25) is 0 Å². The van der Waals surface area contributed by atoms with E-state index in [1.165, 1.54) is 0 Å². The second kappa shape index (κ2) is 2.50. The molecular weight excluding hydrogens is 164 g/mol. The summed E-state index contributed by atoms with van der Waals surface area (Å²) in [6.07, 6.45) is 2.82. The molecule has 0 aromatic carbocycles. The van der Waals surface area contributed by atoms with E-state index >= 15 is 0 Å². The summed E-state index contributed by atoms with van der Waals surface area (Å²) in [5, 5.41) is 14.0. The zero-order valence-electron chi connectivity index (χ0n) is 6.00. The predicted molar refractivity (Wildman–Crippen MR) is 41.6 cm³/mol. The van der Waals surface area contributed by atoms with Gasteiger partial charge in [-0.05, 0) is 6.42 Å². The summed E-state index contributed by atoms with van der Waals surface area (Å²) in [5.41, 5.74) is 0.963. The average molecular weight is 173 g/mol. The normalized spacial score (nSPS) is 23.3. The van der Waals surface area contributed by atoms with Crippen LogP contribution in [0.2, 0.25) is 5.02 Å². The van der Waals surface area contributed by atoms with Crippen LogP contribution in [0.15, 0.2) is 6.20 Å². The molecule has 2 heterocycles. The molecule has 1 aromatic rings. The zero-order valence-corrected chi connectivity index (χ0v) is 6.75. The van der Waals surface area contributed by atoms with Crippen molar-refractivity contribution in [1.82, 2.24) is 9.78 Å². The van der Waals surface area contributed by atoms with E-state index in [0.29, 0.717) is 11.4 Å². The molecule has 0 fully saturated rings. The molecule has 3 nitrogen and oxygen atoms in total. The van der Waals surface area contributed by atoms with Gasteiger partial charge >= 0.3 is 0 Å². The van der Waals surface area contributed by atoms with Crippen LogP contribution in [0.3, 0.4) is 0 Å². The first kappa shape index (κ1) is 7.13. The average Bonchev–Trinajstić information content (AvgIpc) is 2.33. The van der Waals surface area contributed by atoms with Gasteiger partial charge in [0, 0.05) is 13.0 Å². The highest BCUT2D eigenvalue weighted by molar-refractivity contribution is 6.31. The fourth-order valence-electron chi connectivity index (χ4n) is 1.38. The van der Waals surface area contributed by atoms with Crippen molar-refractivity contribution in [1.29, 1.82) is 0 Å². The van der Waals surface area contributed by atoms with Crippen LogP contribution >= 0.6 is 11.6 Å². The van der Waals surface area contributed by atoms with Gasteiger partial charge < -0.3 is 5.11 Å². The van der Waals surface area contributed by atoms with Crippen LogP contribution in [0.1, 0.15) is 12.1 Å². The molecule has 1 aliphatic rings. The Hall–Kier alpha value is -0.540. The Morgan fingerprint density at radius 1 is 1.73 bits per heavy atom. The molecule has 2 rings (SSSR count). The lowest BCUT2D eigenvalue weighted by Crippen LogP contribution is -2.23. The van der Waals surface area contributed by atoms with Crippen molar-refractivity contribution in [3.63, 3.8) is 0 Å². The third-order valence-electron chi connectivity index (χ3n) is 2.00. The van der Waals surface area contributed by atoms with Gasteiger partial charge in [-0.3, -0.25) is 4.68 Å². The van der Waals surface area contributed by atoms with E-state index in [2.05, 4.69) is 5.10 Å². The number of hydrogen-bond acceptors (Lipinski definition) is 2. The third kappa shape index (κ3) is 1.14. The van der Waals surface area contributed by atoms with Gasteiger partial charge in [-0.15, -0.1) is 0 Å². The van der Waals surface area contributed by atoms with Crippen molar-refractivity contribution >= 4 is 11.6 Å². The van der Waals surface area contributed by atoms with Crippen molar-refractivity contribution in [2.24, 2.45) is 0 Å². The Labute approximate surface area is 69.6 Å². The van der Waals surface area contributed by atoms with Crippen LogP contribution in [0.25, 0.3) is 0 Å². The molecule has 0 amide bonds. The van der Waals surface area contributed by atoms with Gasteiger partial charge in [-0.1, -0.05) is 11.6 Å². The lowest BCUT2D eigenvalue weighted by atomic mass is 10.1. The Kier molecular flexibility index (Phi) is 1.62. The summed E-state index contributed by atoms with van der Waals surface area (Å²) in [5.74, 6) is 0. The monoisotopic (exact) mass is 172 g/mol. The lowest BCUT2D eigenvalue weighted by molar-refractivity contribution is 0.140. The Balaban J connectivity index is 2.37. The molecule has 0 saturated carbocycles. The standard InChI is InChI=1S/C7H9ClN2O/c8-6-4-9-10-2-1-5(11)3-7(6)10/h4-5,11H,1-3H2. The molecule has 1 aromatic heterocycles. The van der Waals surface area contributed by atoms with Crippen LogP contribution in [0, 0.1) is 0 Å². The van der Waals surface area contributed by atoms with Gasteiger partial charge in [0.25, 0.3) is 0 Å². The molecule has 0 saturated heterocycles. The number of hydrogen-bond donors (Lipinski definition) is 1. The van der Waals surface area contributed by atoms with E-state index in [1.807, 2.05) is 4.68 Å². The Morgan fingerprint density at radius 2 is 2.55 bits per heavy atom. The highest BCUT2D eigenvalue weighted by Crippen LogP contribution is 2.21. The van der Waals surface area contributed by atoms with Crippen LogP contribution in [-0.4, -0.2) is 21.0 Å². The molecule has 1 atom stereocenters. The number of aliphatic hydroxyl groups is 1. The largest absolute Gasteiger partial charge is 0.393 e. The van der Waals surface area contributed by atoms with Gasteiger partial charge in [-0.25, -0.2) is 0 Å².